The van der Waals surface area contributed by atoms with Gasteiger partial charge in [0, 0.05) is 37.4 Å². The number of H-pyrrole nitrogens is 1. The summed E-state index contributed by atoms with van der Waals surface area (Å²) in [6, 6.07) is 14.6. The lowest BCUT2D eigenvalue weighted by atomic mass is 10.0. The molecule has 2 aromatic carbocycles. The summed E-state index contributed by atoms with van der Waals surface area (Å²) in [5.41, 5.74) is 3.46. The van der Waals surface area contributed by atoms with Crippen LogP contribution in [0.3, 0.4) is 0 Å². The van der Waals surface area contributed by atoms with Crippen LogP contribution in [0.15, 0.2) is 53.3 Å². The molecule has 3 heterocycles. The van der Waals surface area contributed by atoms with Gasteiger partial charge < -0.3 is 9.88 Å². The zero-order chi connectivity index (χ0) is 24.6. The number of tetrazole rings is 1. The molecule has 6 rings (SSSR count). The summed E-state index contributed by atoms with van der Waals surface area (Å²) in [7, 11) is 0. The molecule has 0 bridgehead atoms. The number of hydrogen-bond acceptors (Lipinski definition) is 6. The second-order valence-corrected chi connectivity index (χ2v) is 9.91. The maximum Gasteiger partial charge on any atom is 0.253 e. The van der Waals surface area contributed by atoms with Gasteiger partial charge in [-0.2, -0.15) is 0 Å². The Morgan fingerprint density at radius 3 is 2.53 bits per heavy atom. The van der Waals surface area contributed by atoms with Gasteiger partial charge in [-0.3, -0.25) is 9.69 Å². The van der Waals surface area contributed by atoms with Gasteiger partial charge in [-0.05, 0) is 71.5 Å². The third-order valence-corrected chi connectivity index (χ3v) is 7.72. The molecular weight excluding hydrogens is 457 g/mol. The number of halogens is 1. The molecule has 1 aliphatic carbocycles. The maximum atomic E-state index is 13.5. The quantitative estimate of drug-likeness (QED) is 0.458. The number of hydrogen-bond donors (Lipinski definition) is 1. The summed E-state index contributed by atoms with van der Waals surface area (Å²) >= 11 is 0. The number of pyridine rings is 1. The van der Waals surface area contributed by atoms with Crippen LogP contribution in [0.25, 0.3) is 10.9 Å². The highest BCUT2D eigenvalue weighted by molar-refractivity contribution is 5.82. The molecule has 36 heavy (non-hydrogen) atoms. The Balaban J connectivity index is 1.39. The van der Waals surface area contributed by atoms with E-state index in [-0.39, 0.29) is 23.5 Å². The van der Waals surface area contributed by atoms with Crippen LogP contribution in [0.1, 0.15) is 54.7 Å². The van der Waals surface area contributed by atoms with Crippen molar-refractivity contribution in [3.63, 3.8) is 0 Å². The summed E-state index contributed by atoms with van der Waals surface area (Å²) < 4.78 is 15.4. The molecule has 1 saturated carbocycles. The van der Waals surface area contributed by atoms with Gasteiger partial charge in [0.05, 0.1) is 11.6 Å². The van der Waals surface area contributed by atoms with Crippen LogP contribution in [0.4, 0.5) is 10.1 Å². The Morgan fingerprint density at radius 2 is 1.78 bits per heavy atom. The van der Waals surface area contributed by atoms with Crippen molar-refractivity contribution in [2.75, 3.05) is 31.1 Å². The number of para-hydroxylation sites is 1. The summed E-state index contributed by atoms with van der Waals surface area (Å²) in [4.78, 5) is 21.2. The molecule has 2 aliphatic rings. The molecule has 1 unspecified atom stereocenters. The number of fused-ring (bicyclic) bond motifs is 1. The smallest absolute Gasteiger partial charge is 0.253 e. The van der Waals surface area contributed by atoms with Crippen LogP contribution in [0.5, 0.6) is 0 Å². The first kappa shape index (κ1) is 22.8. The second kappa shape index (κ2) is 9.46. The van der Waals surface area contributed by atoms with E-state index in [1.807, 2.05) is 48.0 Å². The summed E-state index contributed by atoms with van der Waals surface area (Å²) in [5.74, 6) is 0.497. The molecule has 4 aromatic rings. The van der Waals surface area contributed by atoms with Crippen LogP contribution < -0.4 is 10.5 Å². The molecular formula is C27H30FN7O. The molecule has 1 atom stereocenters. The van der Waals surface area contributed by atoms with Crippen molar-refractivity contribution in [1.29, 1.82) is 0 Å². The third-order valence-electron chi connectivity index (χ3n) is 7.72. The molecule has 1 saturated heterocycles. The molecule has 2 aromatic heterocycles. The van der Waals surface area contributed by atoms with E-state index in [9.17, 15) is 9.18 Å². The fourth-order valence-electron chi connectivity index (χ4n) is 5.78. The highest BCUT2D eigenvalue weighted by Crippen LogP contribution is 2.34. The van der Waals surface area contributed by atoms with Gasteiger partial charge in [-0.25, -0.2) is 9.07 Å². The minimum Gasteiger partial charge on any atom is -0.369 e. The number of anilines is 1. The number of nitrogens with zero attached hydrogens (tertiary/aromatic N) is 6. The number of benzene rings is 2. The molecule has 2 fully saturated rings. The number of nitrogens with one attached hydrogen (secondary N) is 1. The van der Waals surface area contributed by atoms with E-state index in [2.05, 4.69) is 30.3 Å². The Kier molecular flexibility index (Phi) is 6.00. The molecule has 186 valence electrons. The van der Waals surface area contributed by atoms with Crippen molar-refractivity contribution in [2.24, 2.45) is 0 Å². The normalized spacial score (nSPS) is 18.2. The molecule has 0 amide bonds. The minimum atomic E-state index is -0.357. The Labute approximate surface area is 208 Å². The number of aromatic nitrogens is 5. The van der Waals surface area contributed by atoms with Crippen molar-refractivity contribution < 1.29 is 4.39 Å². The average Bonchev–Trinajstić information content (AvgIpc) is 3.59. The Bertz CT molecular complexity index is 1420. The first-order valence-electron chi connectivity index (χ1n) is 12.7. The van der Waals surface area contributed by atoms with Crippen molar-refractivity contribution in [1.82, 2.24) is 30.1 Å². The van der Waals surface area contributed by atoms with Crippen molar-refractivity contribution in [3.8, 4) is 0 Å². The van der Waals surface area contributed by atoms with Crippen molar-refractivity contribution in [3.05, 3.63) is 81.7 Å². The number of rotatable bonds is 5. The van der Waals surface area contributed by atoms with Crippen LogP contribution >= 0.6 is 0 Å². The topological polar surface area (TPSA) is 82.9 Å². The zero-order valence-electron chi connectivity index (χ0n) is 20.4. The second-order valence-electron chi connectivity index (χ2n) is 9.91. The Morgan fingerprint density at radius 1 is 1.03 bits per heavy atom. The van der Waals surface area contributed by atoms with E-state index in [1.165, 1.54) is 25.0 Å². The molecule has 9 heteroatoms. The number of aryl methyl sites for hydroxylation is 1. The lowest BCUT2D eigenvalue weighted by molar-refractivity contribution is 0.197. The largest absolute Gasteiger partial charge is 0.369 e. The zero-order valence-corrected chi connectivity index (χ0v) is 20.4. The highest BCUT2D eigenvalue weighted by atomic mass is 19.1. The first-order valence-corrected chi connectivity index (χ1v) is 12.7. The SMILES string of the molecule is Cc1cccc2cc(C(c3nnnn3C3CCCC3)N3CCN(c4ccc(F)cc4)CC3)c(=O)[nH]c12. The highest BCUT2D eigenvalue weighted by Gasteiger charge is 2.34. The third kappa shape index (κ3) is 4.17. The van der Waals surface area contributed by atoms with E-state index in [4.69, 9.17) is 0 Å². The maximum absolute atomic E-state index is 13.5. The van der Waals surface area contributed by atoms with E-state index in [0.29, 0.717) is 5.56 Å². The van der Waals surface area contributed by atoms with Gasteiger partial charge in [0.15, 0.2) is 5.82 Å². The molecule has 0 radical (unpaired) electrons. The lowest BCUT2D eigenvalue weighted by Gasteiger charge is -2.39. The van der Waals surface area contributed by atoms with Crippen LogP contribution in [0, 0.1) is 12.7 Å². The Hall–Kier alpha value is -3.59. The summed E-state index contributed by atoms with van der Waals surface area (Å²) in [5, 5.41) is 13.9. The van der Waals surface area contributed by atoms with Crippen LogP contribution in [-0.2, 0) is 0 Å². The van der Waals surface area contributed by atoms with E-state index in [1.54, 1.807) is 0 Å². The van der Waals surface area contributed by atoms with E-state index < -0.39 is 0 Å². The van der Waals surface area contributed by atoms with Crippen LogP contribution in [0.2, 0.25) is 0 Å². The first-order chi connectivity index (χ1) is 17.6. The van der Waals surface area contributed by atoms with E-state index in [0.717, 1.165) is 67.0 Å². The van der Waals surface area contributed by atoms with Gasteiger partial charge in [0.2, 0.25) is 0 Å². The van der Waals surface area contributed by atoms with Gasteiger partial charge in [0.1, 0.15) is 11.9 Å². The summed E-state index contributed by atoms with van der Waals surface area (Å²) in [6.07, 6.45) is 4.44. The monoisotopic (exact) mass is 487 g/mol. The molecule has 1 N–H and O–H groups in total. The van der Waals surface area contributed by atoms with E-state index >= 15 is 0 Å². The molecule has 8 nitrogen and oxygen atoms in total. The minimum absolute atomic E-state index is 0.108. The summed E-state index contributed by atoms with van der Waals surface area (Å²) in [6.45, 7) is 4.98. The predicted molar refractivity (Wildman–Crippen MR) is 137 cm³/mol. The van der Waals surface area contributed by atoms with Gasteiger partial charge >= 0.3 is 0 Å². The fraction of sp³-hybridized carbons (Fsp3) is 0.407. The predicted octanol–water partition coefficient (Wildman–Crippen LogP) is 3.99. The standard InChI is InChI=1S/C27H30FN7O/c1-18-5-4-6-19-17-23(27(36)29-24(18)19)25(26-30-31-32-35(26)22-7-2-3-8-22)34-15-13-33(14-16-34)21-11-9-20(28)10-12-21/h4-6,9-12,17,22,25H,2-3,7-8,13-16H2,1H3,(H,29,36). The van der Waals surface area contributed by atoms with Crippen LogP contribution in [-0.4, -0.2) is 56.3 Å². The van der Waals surface area contributed by atoms with Crippen molar-refractivity contribution in [2.45, 2.75) is 44.7 Å². The number of aromatic amines is 1. The van der Waals surface area contributed by atoms with Gasteiger partial charge in [-0.1, -0.05) is 31.0 Å². The fourth-order valence-corrected chi connectivity index (χ4v) is 5.78. The van der Waals surface area contributed by atoms with Crippen molar-refractivity contribution >= 4 is 16.6 Å². The molecule has 1 aliphatic heterocycles. The average molecular weight is 488 g/mol. The molecule has 0 spiro atoms. The lowest BCUT2D eigenvalue weighted by Crippen LogP contribution is -2.49. The van der Waals surface area contributed by atoms with Gasteiger partial charge in [-0.15, -0.1) is 5.10 Å². The van der Waals surface area contributed by atoms with Gasteiger partial charge in [0.25, 0.3) is 5.56 Å². The number of piperazine rings is 1.